The summed E-state index contributed by atoms with van der Waals surface area (Å²) in [4.78, 5) is 0. The predicted molar refractivity (Wildman–Crippen MR) is 53.7 cm³/mol. The van der Waals surface area contributed by atoms with Gasteiger partial charge in [0.1, 0.15) is 0 Å². The van der Waals surface area contributed by atoms with E-state index < -0.39 is 0 Å². The second-order valence-corrected chi connectivity index (χ2v) is 5.68. The Bertz CT molecular complexity index is 335. The Morgan fingerprint density at radius 2 is 2.00 bits per heavy atom. The van der Waals surface area contributed by atoms with Gasteiger partial charge in [0.05, 0.1) is 0 Å². The Balaban J connectivity index is 1.77. The molecule has 1 aromatic rings. The number of tetrazole rings is 1. The van der Waals surface area contributed by atoms with Crippen LogP contribution in [0.15, 0.2) is 0 Å². The molecule has 0 amide bonds. The monoisotopic (exact) mass is 203 g/mol. The van der Waals surface area contributed by atoms with E-state index in [9.17, 15) is 0 Å². The molecular formula is C11H15N4. The molecule has 15 heavy (non-hydrogen) atoms. The van der Waals surface area contributed by atoms with Crippen LogP contribution in [0.5, 0.6) is 0 Å². The summed E-state index contributed by atoms with van der Waals surface area (Å²) in [5.41, 5.74) is 0.276. The van der Waals surface area contributed by atoms with Gasteiger partial charge in [-0.3, -0.25) is 0 Å². The van der Waals surface area contributed by atoms with Crippen molar-refractivity contribution in [3.8, 4) is 0 Å². The summed E-state index contributed by atoms with van der Waals surface area (Å²) in [7, 11) is 0. The number of aromatic amines is 1. The lowest BCUT2D eigenvalue weighted by atomic mass is 9.49. The third kappa shape index (κ3) is 1.05. The Hall–Kier alpha value is -0.930. The molecule has 1 radical (unpaired) electrons. The van der Waals surface area contributed by atoms with E-state index in [-0.39, 0.29) is 5.41 Å². The van der Waals surface area contributed by atoms with Crippen LogP contribution in [0.1, 0.15) is 37.9 Å². The van der Waals surface area contributed by atoms with Gasteiger partial charge in [0.2, 0.25) is 0 Å². The smallest absolute Gasteiger partial charge is 0.177 e. The van der Waals surface area contributed by atoms with E-state index in [0.29, 0.717) is 0 Å². The van der Waals surface area contributed by atoms with E-state index in [0.717, 1.165) is 23.6 Å². The highest BCUT2D eigenvalue weighted by Crippen LogP contribution is 2.59. The van der Waals surface area contributed by atoms with E-state index in [4.69, 9.17) is 0 Å². The topological polar surface area (TPSA) is 54.5 Å². The lowest BCUT2D eigenvalue weighted by molar-refractivity contribution is 0.0308. The van der Waals surface area contributed by atoms with Crippen LogP contribution in [0.3, 0.4) is 0 Å². The molecular weight excluding hydrogens is 188 g/mol. The first kappa shape index (κ1) is 8.25. The van der Waals surface area contributed by atoms with Crippen molar-refractivity contribution in [1.82, 2.24) is 20.6 Å². The standard InChI is InChI=1S/C11H15N4/c1-7-2-9-3-8(1)5-11(4-7,6-9)10-12-14-15-13-10/h1,7-9H,2-6H2,(H,12,13,14,15)/t7-,8+,9-,11+. The molecule has 4 aliphatic rings. The summed E-state index contributed by atoms with van der Waals surface area (Å²) in [6.45, 7) is 0. The molecule has 4 atom stereocenters. The van der Waals surface area contributed by atoms with Gasteiger partial charge >= 0.3 is 0 Å². The average Bonchev–Trinajstić information content (AvgIpc) is 2.67. The quantitative estimate of drug-likeness (QED) is 0.752. The molecule has 0 aromatic carbocycles. The van der Waals surface area contributed by atoms with E-state index in [1.165, 1.54) is 32.1 Å². The summed E-state index contributed by atoms with van der Waals surface area (Å²) < 4.78 is 0. The molecule has 1 heterocycles. The van der Waals surface area contributed by atoms with Gasteiger partial charge in [-0.1, -0.05) is 5.21 Å². The largest absolute Gasteiger partial charge is 0.180 e. The van der Waals surface area contributed by atoms with Crippen molar-refractivity contribution >= 4 is 0 Å². The SMILES string of the molecule is [CH]1[C@@H]2C[C@@H]3C[C@H]1C[C@@](c1nn[nH]n1)(C2)C3. The maximum absolute atomic E-state index is 4.25. The number of rotatable bonds is 1. The van der Waals surface area contributed by atoms with Crippen LogP contribution in [0, 0.1) is 24.2 Å². The number of hydrogen-bond acceptors (Lipinski definition) is 3. The lowest BCUT2D eigenvalue weighted by Crippen LogP contribution is -2.49. The zero-order valence-corrected chi connectivity index (χ0v) is 8.69. The van der Waals surface area contributed by atoms with Crippen molar-refractivity contribution in [3.63, 3.8) is 0 Å². The van der Waals surface area contributed by atoms with Crippen LogP contribution in [-0.4, -0.2) is 20.6 Å². The number of nitrogens with zero attached hydrogens (tertiary/aromatic N) is 3. The Labute approximate surface area is 88.8 Å². The maximum Gasteiger partial charge on any atom is 0.180 e. The number of nitrogens with one attached hydrogen (secondary N) is 1. The van der Waals surface area contributed by atoms with Crippen LogP contribution in [0.2, 0.25) is 0 Å². The van der Waals surface area contributed by atoms with E-state index in [2.05, 4.69) is 27.0 Å². The van der Waals surface area contributed by atoms with Crippen molar-refractivity contribution in [2.45, 2.75) is 37.5 Å². The van der Waals surface area contributed by atoms with E-state index >= 15 is 0 Å². The number of hydrogen-bond donors (Lipinski definition) is 1. The molecule has 4 saturated carbocycles. The summed E-state index contributed by atoms with van der Waals surface area (Å²) in [5.74, 6) is 3.56. The molecule has 4 nitrogen and oxygen atoms in total. The number of aromatic nitrogens is 4. The molecule has 4 heteroatoms. The highest BCUT2D eigenvalue weighted by Gasteiger charge is 2.53. The third-order valence-electron chi connectivity index (χ3n) is 4.62. The van der Waals surface area contributed by atoms with Crippen molar-refractivity contribution in [1.29, 1.82) is 0 Å². The van der Waals surface area contributed by atoms with Crippen molar-refractivity contribution in [3.05, 3.63) is 12.2 Å². The van der Waals surface area contributed by atoms with E-state index in [1.807, 2.05) is 0 Å². The second kappa shape index (κ2) is 2.60. The van der Waals surface area contributed by atoms with E-state index in [1.54, 1.807) is 0 Å². The Kier molecular flexibility index (Phi) is 1.43. The first-order valence-corrected chi connectivity index (χ1v) is 5.93. The minimum Gasteiger partial charge on any atom is -0.177 e. The van der Waals surface area contributed by atoms with Crippen LogP contribution < -0.4 is 0 Å². The second-order valence-electron chi connectivity index (χ2n) is 5.68. The molecule has 1 N–H and O–H groups in total. The summed E-state index contributed by atoms with van der Waals surface area (Å²) in [6, 6.07) is 0. The normalized spacial score (nSPS) is 47.3. The molecule has 5 rings (SSSR count). The molecule has 4 bridgehead atoms. The van der Waals surface area contributed by atoms with Crippen LogP contribution >= 0.6 is 0 Å². The first-order valence-electron chi connectivity index (χ1n) is 5.93. The fourth-order valence-electron chi connectivity index (χ4n) is 4.43. The molecule has 0 saturated heterocycles. The minimum absolute atomic E-state index is 0.276. The molecule has 79 valence electrons. The van der Waals surface area contributed by atoms with Crippen LogP contribution in [0.4, 0.5) is 0 Å². The Morgan fingerprint density at radius 3 is 2.60 bits per heavy atom. The van der Waals surface area contributed by atoms with Crippen LogP contribution in [0.25, 0.3) is 0 Å². The fraction of sp³-hybridized carbons (Fsp3) is 0.818. The van der Waals surface area contributed by atoms with Crippen molar-refractivity contribution in [2.24, 2.45) is 17.8 Å². The summed E-state index contributed by atoms with van der Waals surface area (Å²) >= 11 is 0. The van der Waals surface area contributed by atoms with Gasteiger partial charge in [-0.2, -0.15) is 5.21 Å². The van der Waals surface area contributed by atoms with Gasteiger partial charge in [0.15, 0.2) is 5.82 Å². The molecule has 0 spiro atoms. The zero-order chi connectivity index (χ0) is 9.88. The predicted octanol–water partition coefficient (Wildman–Crippen LogP) is 1.48. The fourth-order valence-corrected chi connectivity index (χ4v) is 4.43. The van der Waals surface area contributed by atoms with Gasteiger partial charge in [0.25, 0.3) is 0 Å². The van der Waals surface area contributed by atoms with Gasteiger partial charge in [-0.15, -0.1) is 10.2 Å². The third-order valence-corrected chi connectivity index (χ3v) is 4.62. The average molecular weight is 203 g/mol. The highest BCUT2D eigenvalue weighted by atomic mass is 15.5. The maximum atomic E-state index is 4.25. The highest BCUT2D eigenvalue weighted by molar-refractivity contribution is 5.19. The summed E-state index contributed by atoms with van der Waals surface area (Å²) in [6.07, 6.45) is 9.24. The number of H-pyrrole nitrogens is 1. The van der Waals surface area contributed by atoms with Gasteiger partial charge in [0, 0.05) is 5.41 Å². The lowest BCUT2D eigenvalue weighted by Gasteiger charge is -2.55. The molecule has 4 aliphatic carbocycles. The van der Waals surface area contributed by atoms with Gasteiger partial charge in [-0.05, 0) is 56.3 Å². The Morgan fingerprint density at radius 1 is 1.20 bits per heavy atom. The first-order chi connectivity index (χ1) is 7.34. The zero-order valence-electron chi connectivity index (χ0n) is 8.69. The van der Waals surface area contributed by atoms with Gasteiger partial charge < -0.3 is 0 Å². The van der Waals surface area contributed by atoms with Crippen molar-refractivity contribution in [2.75, 3.05) is 0 Å². The molecule has 0 aliphatic heterocycles. The van der Waals surface area contributed by atoms with Crippen molar-refractivity contribution < 1.29 is 0 Å². The van der Waals surface area contributed by atoms with Crippen LogP contribution in [-0.2, 0) is 5.41 Å². The summed E-state index contributed by atoms with van der Waals surface area (Å²) in [5, 5.41) is 14.8. The molecule has 0 unspecified atom stereocenters. The minimum atomic E-state index is 0.276. The molecule has 1 aromatic heterocycles. The molecule has 4 fully saturated rings. The van der Waals surface area contributed by atoms with Gasteiger partial charge in [-0.25, -0.2) is 0 Å².